The van der Waals surface area contributed by atoms with Crippen LogP contribution in [0.5, 0.6) is 0 Å². The zero-order chi connectivity index (χ0) is 31.6. The Morgan fingerprint density at radius 2 is 1.78 bits per heavy atom. The Morgan fingerprint density at radius 1 is 1.09 bits per heavy atom. The number of carbonyl (C=O) groups is 2. The van der Waals surface area contributed by atoms with Gasteiger partial charge in [0.05, 0.1) is 35.8 Å². The fraction of sp³-hybridized carbons (Fsp3) is 0.343. The van der Waals surface area contributed by atoms with Crippen LogP contribution in [0.4, 0.5) is 0 Å². The Balaban J connectivity index is 0.00000240. The van der Waals surface area contributed by atoms with E-state index in [-0.39, 0.29) is 37.3 Å². The molecule has 1 radical (unpaired) electrons. The predicted octanol–water partition coefficient (Wildman–Crippen LogP) is 1.98. The Morgan fingerprint density at radius 3 is 2.42 bits per heavy atom. The summed E-state index contributed by atoms with van der Waals surface area (Å²) < 4.78 is 5.10. The quantitative estimate of drug-likeness (QED) is 0.340. The van der Waals surface area contributed by atoms with E-state index in [1.54, 1.807) is 6.08 Å². The summed E-state index contributed by atoms with van der Waals surface area (Å²) in [6.07, 6.45) is 8.30. The van der Waals surface area contributed by atoms with Crippen LogP contribution in [0.15, 0.2) is 79.2 Å². The third-order valence-corrected chi connectivity index (χ3v) is 9.41. The Labute approximate surface area is 273 Å². The number of aliphatic imine (C=N–C) groups is 3. The molecule has 6 rings (SSSR count). The number of carboxylic acids is 1. The number of esters is 1. The van der Waals surface area contributed by atoms with Crippen LogP contribution in [0, 0.1) is 24.7 Å². The summed E-state index contributed by atoms with van der Waals surface area (Å²) in [5.41, 5.74) is 9.67. The van der Waals surface area contributed by atoms with Crippen LogP contribution < -0.4 is 25.8 Å². The smallest absolute Gasteiger partial charge is 0.874 e. The van der Waals surface area contributed by atoms with Gasteiger partial charge in [-0.25, -0.2) is 9.98 Å². The van der Waals surface area contributed by atoms with E-state index in [2.05, 4.69) is 13.5 Å². The first-order valence-corrected chi connectivity index (χ1v) is 14.8. The Hall–Kier alpha value is -4.27. The SMILES string of the molecule is C=CC1=C(C)C2=NC1=CC1=NC(=Cc3[n-]c4c(c3C)=C([O-])C(C(=O)OC)C=4C3=NC(=C2)C(C)C3CCC(=O)[O-])C(CC)=C1C.[Cu+2].[H+]. The number of hydrogen-bond acceptors (Lipinski definition) is 8. The molecular formula is C35H34CuN4O5. The molecule has 1 aromatic rings. The van der Waals surface area contributed by atoms with Crippen LogP contribution in [0.3, 0.4) is 0 Å². The zero-order valence-electron chi connectivity index (χ0n) is 27.0. The fourth-order valence-corrected chi connectivity index (χ4v) is 6.92. The van der Waals surface area contributed by atoms with E-state index in [9.17, 15) is 19.8 Å². The van der Waals surface area contributed by atoms with Crippen molar-refractivity contribution in [1.29, 1.82) is 0 Å². The third-order valence-electron chi connectivity index (χ3n) is 9.41. The fourth-order valence-electron chi connectivity index (χ4n) is 6.92. The summed E-state index contributed by atoms with van der Waals surface area (Å²) >= 11 is 0. The van der Waals surface area contributed by atoms with E-state index < -0.39 is 29.5 Å². The van der Waals surface area contributed by atoms with Crippen molar-refractivity contribution in [3.8, 4) is 0 Å². The molecule has 3 unspecified atom stereocenters. The van der Waals surface area contributed by atoms with Crippen molar-refractivity contribution in [3.05, 3.63) is 86.0 Å². The number of fused-ring (bicyclic) bond motifs is 5. The summed E-state index contributed by atoms with van der Waals surface area (Å²) in [7, 11) is 1.25. The first-order valence-electron chi connectivity index (χ1n) is 14.8. The number of nitrogens with zero attached hydrogens (tertiary/aromatic N) is 4. The number of methoxy groups -OCH3 is 1. The normalized spacial score (nSPS) is 23.3. The molecular weight excluding hydrogens is 620 g/mol. The minimum Gasteiger partial charge on any atom is -0.874 e. The number of aliphatic carboxylic acids is 1. The van der Waals surface area contributed by atoms with E-state index in [0.29, 0.717) is 44.5 Å². The summed E-state index contributed by atoms with van der Waals surface area (Å²) in [6, 6.07) is 0. The van der Waals surface area contributed by atoms with Crippen molar-refractivity contribution < 1.29 is 43.0 Å². The minimum absolute atomic E-state index is 0. The van der Waals surface area contributed by atoms with Crippen LogP contribution in [0.1, 0.15) is 59.6 Å². The van der Waals surface area contributed by atoms with Gasteiger partial charge in [0.2, 0.25) is 0 Å². The van der Waals surface area contributed by atoms with Gasteiger partial charge in [-0.3, -0.25) is 9.79 Å². The number of allylic oxidation sites excluding steroid dienone is 7. The topological polar surface area (TPSA) is 141 Å². The maximum Gasteiger partial charge on any atom is 2.00 e. The van der Waals surface area contributed by atoms with Crippen LogP contribution in [-0.4, -0.2) is 36.2 Å². The van der Waals surface area contributed by atoms with Crippen molar-refractivity contribution in [2.24, 2.45) is 32.7 Å². The molecule has 235 valence electrons. The summed E-state index contributed by atoms with van der Waals surface area (Å²) in [6.45, 7) is 13.9. The van der Waals surface area contributed by atoms with Gasteiger partial charge in [0, 0.05) is 34.8 Å². The zero-order valence-corrected chi connectivity index (χ0v) is 26.9. The van der Waals surface area contributed by atoms with Crippen molar-refractivity contribution in [3.63, 3.8) is 0 Å². The van der Waals surface area contributed by atoms with Gasteiger partial charge < -0.3 is 24.7 Å². The van der Waals surface area contributed by atoms with Crippen molar-refractivity contribution in [2.45, 2.75) is 53.9 Å². The van der Waals surface area contributed by atoms with E-state index >= 15 is 0 Å². The summed E-state index contributed by atoms with van der Waals surface area (Å²) in [5, 5.41) is 26.3. The van der Waals surface area contributed by atoms with Gasteiger partial charge in [-0.1, -0.05) is 38.1 Å². The molecule has 0 fully saturated rings. The van der Waals surface area contributed by atoms with E-state index in [1.165, 1.54) is 7.11 Å². The minimum atomic E-state index is -1.25. The standard InChI is InChI=1S/C35H36N4O5.Cu/c1-8-19-15(3)22-12-24-17(5)21(10-11-28(40)41)32(38-24)30-31(35(43)44-7)34(42)29-18(6)25(39-33(29)30)14-27-20(9-2)16(4)23(37-27)13-26(19)36-22;/h8,12-14,17,21,31H,1,9-11H2,2-7H3,(H3,36,37,38,39,40,41,42);/q;+2/p-2. The van der Waals surface area contributed by atoms with Crippen molar-refractivity contribution in [2.75, 3.05) is 7.11 Å². The monoisotopic (exact) mass is 653 g/mol. The molecule has 0 spiro atoms. The van der Waals surface area contributed by atoms with Gasteiger partial charge in [0.15, 0.2) is 0 Å². The van der Waals surface area contributed by atoms with Gasteiger partial charge in [-0.05, 0) is 79.7 Å². The number of ether oxygens (including phenoxy) is 1. The molecule has 45 heavy (non-hydrogen) atoms. The Bertz CT molecular complexity index is 1970. The van der Waals surface area contributed by atoms with Crippen LogP contribution in [0.2, 0.25) is 0 Å². The van der Waals surface area contributed by atoms with E-state index in [0.717, 1.165) is 45.8 Å². The average molecular weight is 654 g/mol. The van der Waals surface area contributed by atoms with Crippen molar-refractivity contribution >= 4 is 46.5 Å². The van der Waals surface area contributed by atoms with Crippen LogP contribution in [-0.2, 0) is 31.4 Å². The van der Waals surface area contributed by atoms with Gasteiger partial charge in [0.25, 0.3) is 0 Å². The second kappa shape index (κ2) is 11.9. The molecule has 9 nitrogen and oxygen atoms in total. The van der Waals surface area contributed by atoms with Gasteiger partial charge >= 0.3 is 24.5 Å². The van der Waals surface area contributed by atoms with Gasteiger partial charge in [-0.2, -0.15) is 0 Å². The molecule has 8 bridgehead atoms. The van der Waals surface area contributed by atoms with Gasteiger partial charge in [-0.15, -0.1) is 16.8 Å². The number of carboxylic acid groups (broad SMARTS) is 1. The van der Waals surface area contributed by atoms with E-state index in [4.69, 9.17) is 24.7 Å². The molecule has 5 heterocycles. The molecule has 4 aliphatic heterocycles. The molecule has 1 aromatic heterocycles. The van der Waals surface area contributed by atoms with E-state index in [1.807, 2.05) is 45.9 Å². The maximum absolute atomic E-state index is 14.0. The largest absolute Gasteiger partial charge is 2.00 e. The maximum atomic E-state index is 14.0. The van der Waals surface area contributed by atoms with Crippen LogP contribution in [0.25, 0.3) is 17.4 Å². The number of rotatable bonds is 6. The molecule has 0 saturated carbocycles. The second-order valence-corrected chi connectivity index (χ2v) is 11.7. The molecule has 0 amide bonds. The number of carbonyl (C=O) groups excluding carboxylic acids is 2. The summed E-state index contributed by atoms with van der Waals surface area (Å²) in [4.78, 5) is 44.7. The molecule has 1 aliphatic carbocycles. The van der Waals surface area contributed by atoms with Crippen molar-refractivity contribution in [1.82, 2.24) is 4.98 Å². The molecule has 0 N–H and O–H groups in total. The predicted molar refractivity (Wildman–Crippen MR) is 166 cm³/mol. The van der Waals surface area contributed by atoms with Crippen LogP contribution >= 0.6 is 0 Å². The average Bonchev–Trinajstić information content (AvgIpc) is 3.72. The molecule has 0 saturated heterocycles. The molecule has 0 aromatic carbocycles. The first kappa shape index (κ1) is 32.1. The number of hydrogen-bond donors (Lipinski definition) is 0. The molecule has 10 heteroatoms. The third kappa shape index (κ3) is 4.96. The first-order chi connectivity index (χ1) is 21.0. The van der Waals surface area contributed by atoms with Gasteiger partial charge in [0.1, 0.15) is 0 Å². The second-order valence-electron chi connectivity index (χ2n) is 11.7. The summed E-state index contributed by atoms with van der Waals surface area (Å²) in [5.74, 6) is -4.18. The molecule has 3 atom stereocenters. The Kier molecular flexibility index (Phi) is 8.51. The number of aromatic nitrogens is 1. The molecule has 5 aliphatic rings.